The van der Waals surface area contributed by atoms with Crippen molar-refractivity contribution in [3.63, 3.8) is 0 Å². The zero-order valence-electron chi connectivity index (χ0n) is 10.2. The highest BCUT2D eigenvalue weighted by atomic mass is 28.2. The van der Waals surface area contributed by atoms with Crippen molar-refractivity contribution in [1.29, 1.82) is 0 Å². The molecule has 0 saturated heterocycles. The van der Waals surface area contributed by atoms with Crippen molar-refractivity contribution >= 4 is 10.5 Å². The average molecular weight is 226 g/mol. The third-order valence-corrected chi connectivity index (χ3v) is 5.05. The molecule has 88 valence electrons. The average Bonchev–Trinajstić information content (AvgIpc) is 2.33. The molecule has 2 aliphatic carbocycles. The highest BCUT2D eigenvalue weighted by Gasteiger charge is 2.30. The zero-order valence-corrected chi connectivity index (χ0v) is 12.2. The summed E-state index contributed by atoms with van der Waals surface area (Å²) in [5.74, 6) is 1.83. The van der Waals surface area contributed by atoms with Gasteiger partial charge in [0.2, 0.25) is 0 Å². The number of rotatable bonds is 3. The van der Waals surface area contributed by atoms with Crippen molar-refractivity contribution in [1.82, 2.24) is 0 Å². The van der Waals surface area contributed by atoms with Crippen LogP contribution in [0.2, 0.25) is 0 Å². The Hall–Kier alpha value is 0.177. The van der Waals surface area contributed by atoms with E-state index in [0.29, 0.717) is 6.10 Å². The van der Waals surface area contributed by atoms with Crippen molar-refractivity contribution in [2.24, 2.45) is 11.8 Å². The normalized spacial score (nSPS) is 26.2. The van der Waals surface area contributed by atoms with Gasteiger partial charge in [0, 0.05) is 6.10 Å². The molecule has 2 aliphatic rings. The lowest BCUT2D eigenvalue weighted by Crippen LogP contribution is -2.34. The van der Waals surface area contributed by atoms with Gasteiger partial charge in [-0.05, 0) is 37.5 Å². The molecule has 2 heteroatoms. The topological polar surface area (TPSA) is 9.23 Å². The van der Waals surface area contributed by atoms with Gasteiger partial charge < -0.3 is 4.43 Å². The SMILES string of the molecule is [SiH3]OC(C1CCCCC1)C1CCCCC1. The summed E-state index contributed by atoms with van der Waals surface area (Å²) in [4.78, 5) is 0. The van der Waals surface area contributed by atoms with Crippen LogP contribution in [-0.2, 0) is 4.43 Å². The molecule has 0 N–H and O–H groups in total. The van der Waals surface area contributed by atoms with Crippen molar-refractivity contribution in [3.05, 3.63) is 0 Å². The standard InChI is InChI=1S/C13H26OSi/c15-14-13(11-7-3-1-4-8-11)12-9-5-2-6-10-12/h11-13H,1-10H2,15H3. The number of hydrogen-bond acceptors (Lipinski definition) is 1. The van der Waals surface area contributed by atoms with Gasteiger partial charge in [-0.15, -0.1) is 0 Å². The molecule has 0 bridgehead atoms. The van der Waals surface area contributed by atoms with Crippen molar-refractivity contribution < 1.29 is 4.43 Å². The van der Waals surface area contributed by atoms with E-state index in [2.05, 4.69) is 0 Å². The van der Waals surface area contributed by atoms with Gasteiger partial charge in [0.05, 0.1) is 0 Å². The van der Waals surface area contributed by atoms with Gasteiger partial charge in [-0.2, -0.15) is 0 Å². The summed E-state index contributed by atoms with van der Waals surface area (Å²) in [6.45, 7) is 0. The van der Waals surface area contributed by atoms with E-state index in [4.69, 9.17) is 4.43 Å². The molecule has 0 aliphatic heterocycles. The Morgan fingerprint density at radius 1 is 0.733 bits per heavy atom. The van der Waals surface area contributed by atoms with Gasteiger partial charge in [-0.1, -0.05) is 38.5 Å². The van der Waals surface area contributed by atoms with Gasteiger partial charge >= 0.3 is 0 Å². The van der Waals surface area contributed by atoms with Crippen LogP contribution in [0.25, 0.3) is 0 Å². The maximum Gasteiger partial charge on any atom is 0.146 e. The lowest BCUT2D eigenvalue weighted by Gasteiger charge is -2.37. The van der Waals surface area contributed by atoms with Gasteiger partial charge in [0.25, 0.3) is 0 Å². The summed E-state index contributed by atoms with van der Waals surface area (Å²) in [5, 5.41) is 0. The molecule has 0 heterocycles. The van der Waals surface area contributed by atoms with Crippen LogP contribution in [0, 0.1) is 11.8 Å². The van der Waals surface area contributed by atoms with E-state index in [0.717, 1.165) is 22.3 Å². The summed E-state index contributed by atoms with van der Waals surface area (Å²) < 4.78 is 5.97. The van der Waals surface area contributed by atoms with E-state index in [1.165, 1.54) is 64.2 Å². The maximum atomic E-state index is 5.97. The Morgan fingerprint density at radius 3 is 1.47 bits per heavy atom. The Bertz CT molecular complexity index is 153. The van der Waals surface area contributed by atoms with Crippen LogP contribution in [0.5, 0.6) is 0 Å². The minimum absolute atomic E-state index is 0.650. The fraction of sp³-hybridized carbons (Fsp3) is 1.00. The molecule has 15 heavy (non-hydrogen) atoms. The molecule has 0 atom stereocenters. The molecule has 0 spiro atoms. The fourth-order valence-electron chi connectivity index (χ4n) is 3.70. The smallest absolute Gasteiger partial charge is 0.146 e. The van der Waals surface area contributed by atoms with Crippen LogP contribution >= 0.6 is 0 Å². The van der Waals surface area contributed by atoms with Gasteiger partial charge in [0.15, 0.2) is 0 Å². The quantitative estimate of drug-likeness (QED) is 0.673. The first kappa shape index (κ1) is 11.7. The third kappa shape index (κ3) is 3.07. The monoisotopic (exact) mass is 226 g/mol. The van der Waals surface area contributed by atoms with Crippen molar-refractivity contribution in [2.45, 2.75) is 70.3 Å². The Balaban J connectivity index is 1.88. The number of hydrogen-bond donors (Lipinski definition) is 0. The van der Waals surface area contributed by atoms with E-state index in [-0.39, 0.29) is 0 Å². The van der Waals surface area contributed by atoms with E-state index in [9.17, 15) is 0 Å². The predicted octanol–water partition coefficient (Wildman–Crippen LogP) is 2.81. The van der Waals surface area contributed by atoms with Gasteiger partial charge in [0.1, 0.15) is 10.5 Å². The Labute approximate surface area is 97.5 Å². The molecule has 2 saturated carbocycles. The van der Waals surface area contributed by atoms with Crippen LogP contribution in [0.4, 0.5) is 0 Å². The highest BCUT2D eigenvalue weighted by molar-refractivity contribution is 5.98. The molecular formula is C13H26OSi. The summed E-state index contributed by atoms with van der Waals surface area (Å²) in [5.41, 5.74) is 0. The summed E-state index contributed by atoms with van der Waals surface area (Å²) in [6, 6.07) is 0. The predicted molar refractivity (Wildman–Crippen MR) is 68.0 cm³/mol. The second-order valence-electron chi connectivity index (χ2n) is 5.50. The molecular weight excluding hydrogens is 200 g/mol. The molecule has 0 unspecified atom stereocenters. The van der Waals surface area contributed by atoms with Gasteiger partial charge in [-0.25, -0.2) is 0 Å². The lowest BCUT2D eigenvalue weighted by atomic mass is 9.75. The first-order valence-corrected chi connectivity index (χ1v) is 7.76. The van der Waals surface area contributed by atoms with Crippen molar-refractivity contribution in [3.8, 4) is 0 Å². The van der Waals surface area contributed by atoms with Crippen molar-refractivity contribution in [2.75, 3.05) is 0 Å². The van der Waals surface area contributed by atoms with E-state index >= 15 is 0 Å². The molecule has 0 aromatic rings. The second-order valence-corrected chi connectivity index (χ2v) is 5.97. The molecule has 2 rings (SSSR count). The van der Waals surface area contributed by atoms with Crippen LogP contribution in [0.1, 0.15) is 64.2 Å². The largest absolute Gasteiger partial charge is 0.424 e. The highest BCUT2D eigenvalue weighted by Crippen LogP contribution is 2.36. The Kier molecular flexibility index (Phi) is 4.70. The Morgan fingerprint density at radius 2 is 1.13 bits per heavy atom. The fourth-order valence-corrected chi connectivity index (χ4v) is 4.47. The maximum absolute atomic E-state index is 5.97. The third-order valence-electron chi connectivity index (χ3n) is 4.50. The minimum atomic E-state index is 0.650. The molecule has 0 aromatic carbocycles. The first-order chi connectivity index (χ1) is 7.42. The van der Waals surface area contributed by atoms with Crippen LogP contribution in [0.15, 0.2) is 0 Å². The molecule has 0 aromatic heterocycles. The van der Waals surface area contributed by atoms with Crippen LogP contribution in [0.3, 0.4) is 0 Å². The summed E-state index contributed by atoms with van der Waals surface area (Å²) >= 11 is 0. The molecule has 1 nitrogen and oxygen atoms in total. The first-order valence-electron chi connectivity index (χ1n) is 6.94. The molecule has 0 radical (unpaired) electrons. The minimum Gasteiger partial charge on any atom is -0.424 e. The summed E-state index contributed by atoms with van der Waals surface area (Å²) in [6.07, 6.45) is 15.2. The molecule has 2 fully saturated rings. The van der Waals surface area contributed by atoms with Gasteiger partial charge in [-0.3, -0.25) is 0 Å². The lowest BCUT2D eigenvalue weighted by molar-refractivity contribution is 0.0460. The second kappa shape index (κ2) is 6.05. The van der Waals surface area contributed by atoms with E-state index < -0.39 is 0 Å². The van der Waals surface area contributed by atoms with E-state index in [1.54, 1.807) is 0 Å². The summed E-state index contributed by atoms with van der Waals surface area (Å²) in [7, 11) is 0.939. The van der Waals surface area contributed by atoms with E-state index in [1.807, 2.05) is 0 Å². The van der Waals surface area contributed by atoms with Crippen LogP contribution in [-0.4, -0.2) is 16.6 Å². The van der Waals surface area contributed by atoms with Crippen LogP contribution < -0.4 is 0 Å². The molecule has 0 amide bonds. The zero-order chi connectivity index (χ0) is 10.5.